The Kier molecular flexibility index (Phi) is 14.1. The van der Waals surface area contributed by atoms with Crippen LogP contribution in [0.3, 0.4) is 0 Å². The zero-order chi connectivity index (χ0) is 38.7. The van der Waals surface area contributed by atoms with Crippen molar-refractivity contribution in [1.29, 1.82) is 0 Å². The summed E-state index contributed by atoms with van der Waals surface area (Å²) in [7, 11) is -10.2. The lowest BCUT2D eigenvalue weighted by atomic mass is 9.87. The molecule has 17 heteroatoms. The zero-order valence-electron chi connectivity index (χ0n) is 30.1. The average Bonchev–Trinajstić information content (AvgIpc) is 3.93. The molecular formula is C37H46Br2NO11PS2. The van der Waals surface area contributed by atoms with E-state index in [4.69, 9.17) is 27.8 Å². The van der Waals surface area contributed by atoms with Gasteiger partial charge in [0.05, 0.1) is 41.3 Å². The van der Waals surface area contributed by atoms with E-state index in [-0.39, 0.29) is 41.4 Å². The second-order valence-electron chi connectivity index (χ2n) is 14.0. The molecule has 4 unspecified atom stereocenters. The fourth-order valence-electron chi connectivity index (χ4n) is 6.94. The molecule has 3 saturated heterocycles. The normalized spacial score (nSPS) is 28.0. The van der Waals surface area contributed by atoms with Crippen molar-refractivity contribution in [3.8, 4) is 0 Å². The highest BCUT2D eigenvalue weighted by atomic mass is 79.9. The minimum Gasteiger partial charge on any atom is -0.394 e. The molecule has 9 atom stereocenters. The van der Waals surface area contributed by atoms with Gasteiger partial charge in [-0.25, -0.2) is 16.8 Å². The number of halogens is 2. The summed E-state index contributed by atoms with van der Waals surface area (Å²) in [5, 5.41) is 13.9. The van der Waals surface area contributed by atoms with E-state index < -0.39 is 75.8 Å². The van der Waals surface area contributed by atoms with Crippen LogP contribution in [-0.2, 0) is 53.1 Å². The van der Waals surface area contributed by atoms with Crippen molar-refractivity contribution in [2.75, 3.05) is 19.8 Å². The summed E-state index contributed by atoms with van der Waals surface area (Å²) >= 11 is 6.70. The quantitative estimate of drug-likeness (QED) is 0.145. The molecule has 3 heterocycles. The maximum absolute atomic E-state index is 13.7. The molecule has 0 bridgehead atoms. The van der Waals surface area contributed by atoms with Gasteiger partial charge in [-0.1, -0.05) is 62.2 Å². The number of aliphatic hydroxyl groups excluding tert-OH is 1. The first-order chi connectivity index (χ1) is 25.7. The lowest BCUT2D eigenvalue weighted by Gasteiger charge is -2.38. The standard InChI is InChI=1S/C37H46Br2NO11PS2/c1-24(2)47-30-20-35(53(42,43)28-15-11-26(38)12-16-28)49-33(30)23-46-52(51-37(3,34-10-7-19-40-34)25-8-5-4-6-9-25)50-31-21-36(48-32(31)22-41)54(44,45)29-17-13-27(39)14-18-29/h4-6,8-9,11-18,24,30-36,40-41H,7,10,19-23H2,1-3H3/t30?,31?,32-,33-,34?,35+,36+,37+,52?/m1/s1. The van der Waals surface area contributed by atoms with Crippen LogP contribution in [0, 0.1) is 0 Å². The van der Waals surface area contributed by atoms with Crippen molar-refractivity contribution in [2.24, 2.45) is 0 Å². The monoisotopic (exact) mass is 933 g/mol. The van der Waals surface area contributed by atoms with E-state index in [1.807, 2.05) is 51.1 Å². The Balaban J connectivity index is 1.27. The zero-order valence-corrected chi connectivity index (χ0v) is 35.8. The van der Waals surface area contributed by atoms with E-state index in [0.717, 1.165) is 33.9 Å². The second-order valence-corrected chi connectivity index (χ2v) is 21.1. The molecule has 3 aliphatic heterocycles. The van der Waals surface area contributed by atoms with Gasteiger partial charge in [-0.15, -0.1) is 0 Å². The van der Waals surface area contributed by atoms with Crippen LogP contribution >= 0.6 is 40.5 Å². The minimum atomic E-state index is -3.96. The predicted molar refractivity (Wildman–Crippen MR) is 210 cm³/mol. The number of hydrogen-bond donors (Lipinski definition) is 2. The van der Waals surface area contributed by atoms with Gasteiger partial charge in [0, 0.05) is 27.8 Å². The fraction of sp³-hybridized carbons (Fsp3) is 0.514. The van der Waals surface area contributed by atoms with E-state index in [1.165, 1.54) is 24.3 Å². The van der Waals surface area contributed by atoms with Crippen LogP contribution in [0.25, 0.3) is 0 Å². The molecule has 0 radical (unpaired) electrons. The number of benzene rings is 3. The highest BCUT2D eigenvalue weighted by molar-refractivity contribution is 9.10. The summed E-state index contributed by atoms with van der Waals surface area (Å²) in [6.07, 6.45) is -1.85. The molecule has 296 valence electrons. The molecule has 2 N–H and O–H groups in total. The highest BCUT2D eigenvalue weighted by Gasteiger charge is 2.49. The summed E-state index contributed by atoms with van der Waals surface area (Å²) in [6, 6.07) is 22.2. The first-order valence-electron chi connectivity index (χ1n) is 17.8. The lowest BCUT2D eigenvalue weighted by Crippen LogP contribution is -2.44. The van der Waals surface area contributed by atoms with Crippen LogP contribution in [0.4, 0.5) is 0 Å². The third-order valence-corrected chi connectivity index (χ3v) is 16.1. The number of nitrogens with one attached hydrogen (secondary N) is 1. The summed E-state index contributed by atoms with van der Waals surface area (Å²) in [6.45, 7) is 5.82. The molecule has 0 amide bonds. The topological polar surface area (TPSA) is 156 Å². The maximum atomic E-state index is 13.7. The van der Waals surface area contributed by atoms with Crippen LogP contribution in [0.5, 0.6) is 0 Å². The molecule has 0 aromatic heterocycles. The van der Waals surface area contributed by atoms with Crippen molar-refractivity contribution >= 4 is 60.1 Å². The smallest absolute Gasteiger partial charge is 0.334 e. The fourth-order valence-corrected chi connectivity index (χ4v) is 12.0. The van der Waals surface area contributed by atoms with Gasteiger partial charge in [0.2, 0.25) is 19.7 Å². The molecule has 3 aromatic rings. The molecule has 0 spiro atoms. The van der Waals surface area contributed by atoms with Crippen molar-refractivity contribution in [3.05, 3.63) is 93.4 Å². The van der Waals surface area contributed by atoms with Crippen LogP contribution in [0.15, 0.2) is 97.6 Å². The third-order valence-electron chi connectivity index (χ3n) is 9.84. The van der Waals surface area contributed by atoms with E-state index in [0.29, 0.717) is 0 Å². The van der Waals surface area contributed by atoms with Gasteiger partial charge in [-0.3, -0.25) is 4.52 Å². The molecule has 6 rings (SSSR count). The Bertz CT molecular complexity index is 1900. The maximum Gasteiger partial charge on any atom is 0.334 e. The first kappa shape index (κ1) is 42.2. The van der Waals surface area contributed by atoms with Crippen LogP contribution in [0.2, 0.25) is 0 Å². The van der Waals surface area contributed by atoms with Crippen LogP contribution in [0.1, 0.15) is 52.0 Å². The van der Waals surface area contributed by atoms with Gasteiger partial charge in [0.1, 0.15) is 17.8 Å². The molecule has 12 nitrogen and oxygen atoms in total. The molecule has 0 saturated carbocycles. The first-order valence-corrected chi connectivity index (χ1v) is 23.6. The molecular weight excluding hydrogens is 889 g/mol. The molecule has 3 aromatic carbocycles. The van der Waals surface area contributed by atoms with Gasteiger partial charge in [-0.05, 0) is 94.3 Å². The minimum absolute atomic E-state index is 0.0778. The predicted octanol–water partition coefficient (Wildman–Crippen LogP) is 6.79. The largest absolute Gasteiger partial charge is 0.394 e. The second kappa shape index (κ2) is 18.0. The Morgan fingerprint density at radius 1 is 0.852 bits per heavy atom. The van der Waals surface area contributed by atoms with Gasteiger partial charge in [0.25, 0.3) is 0 Å². The van der Waals surface area contributed by atoms with E-state index in [2.05, 4.69) is 37.2 Å². The SMILES string of the molecule is CC(C)OC1C[C@H](S(=O)(=O)c2ccc(Br)cc2)O[C@@H]1COP(OC1C[C@H](S(=O)(=O)c2ccc(Br)cc2)O[C@@H]1CO)O[C@@](C)(c1ccccc1)C1CCCN1. The van der Waals surface area contributed by atoms with Gasteiger partial charge < -0.3 is 33.7 Å². The van der Waals surface area contributed by atoms with Crippen molar-refractivity contribution in [3.63, 3.8) is 0 Å². The molecule has 54 heavy (non-hydrogen) atoms. The molecule has 3 fully saturated rings. The number of hydrogen-bond acceptors (Lipinski definition) is 12. The number of rotatable bonds is 16. The Morgan fingerprint density at radius 2 is 1.41 bits per heavy atom. The molecule has 3 aliphatic rings. The summed E-state index contributed by atoms with van der Waals surface area (Å²) in [4.78, 5) is 0.204. The van der Waals surface area contributed by atoms with Gasteiger partial charge >= 0.3 is 8.60 Å². The third kappa shape index (κ3) is 9.66. The summed E-state index contributed by atoms with van der Waals surface area (Å²) in [5.74, 6) is 0. The van der Waals surface area contributed by atoms with Crippen molar-refractivity contribution < 1.29 is 49.7 Å². The number of ether oxygens (including phenoxy) is 3. The van der Waals surface area contributed by atoms with Crippen LogP contribution in [-0.4, -0.2) is 89.1 Å². The summed E-state index contributed by atoms with van der Waals surface area (Å²) < 4.78 is 94.4. The van der Waals surface area contributed by atoms with Crippen molar-refractivity contribution in [2.45, 2.75) is 109 Å². The van der Waals surface area contributed by atoms with Gasteiger partial charge in [-0.2, -0.15) is 0 Å². The summed E-state index contributed by atoms with van der Waals surface area (Å²) in [5.41, 5.74) is -2.56. The Hall–Kier alpha value is -1.37. The lowest BCUT2D eigenvalue weighted by molar-refractivity contribution is -0.0652. The van der Waals surface area contributed by atoms with Gasteiger partial charge in [0.15, 0.2) is 10.9 Å². The van der Waals surface area contributed by atoms with E-state index in [9.17, 15) is 21.9 Å². The van der Waals surface area contributed by atoms with E-state index >= 15 is 0 Å². The highest BCUT2D eigenvalue weighted by Crippen LogP contribution is 2.53. The molecule has 0 aliphatic carbocycles. The average molecular weight is 936 g/mol. The van der Waals surface area contributed by atoms with Crippen LogP contribution < -0.4 is 5.32 Å². The van der Waals surface area contributed by atoms with Crippen molar-refractivity contribution in [1.82, 2.24) is 5.32 Å². The Labute approximate surface area is 335 Å². The number of aliphatic hydroxyl groups is 1. The Morgan fingerprint density at radius 3 is 1.93 bits per heavy atom. The van der Waals surface area contributed by atoms with E-state index in [1.54, 1.807) is 24.3 Å². The number of sulfone groups is 2.